The van der Waals surface area contributed by atoms with E-state index in [1.54, 1.807) is 0 Å². The van der Waals surface area contributed by atoms with Crippen LogP contribution >= 0.6 is 0 Å². The number of nitrogens with zero attached hydrogens (tertiary/aromatic N) is 2. The first-order valence-corrected chi connectivity index (χ1v) is 7.51. The summed E-state index contributed by atoms with van der Waals surface area (Å²) in [5, 5.41) is 0. The molecule has 5 heteroatoms. The number of aromatic nitrogens is 2. The number of nitrogens with two attached hydrogens (primary N) is 1. The Morgan fingerprint density at radius 3 is 2.65 bits per heavy atom. The minimum absolute atomic E-state index is 0.226. The first-order valence-electron chi connectivity index (χ1n) is 7.51. The van der Waals surface area contributed by atoms with Crippen LogP contribution in [-0.4, -0.2) is 28.7 Å². The average molecular weight is 279 g/mol. The third-order valence-corrected chi connectivity index (χ3v) is 3.60. The van der Waals surface area contributed by atoms with Gasteiger partial charge < -0.3 is 15.2 Å². The van der Waals surface area contributed by atoms with Crippen LogP contribution in [0.4, 0.5) is 0 Å². The van der Waals surface area contributed by atoms with Crippen molar-refractivity contribution in [3.8, 4) is 11.9 Å². The van der Waals surface area contributed by atoms with Gasteiger partial charge in [0.25, 0.3) is 0 Å². The van der Waals surface area contributed by atoms with Gasteiger partial charge in [0, 0.05) is 11.8 Å². The van der Waals surface area contributed by atoms with Crippen molar-refractivity contribution in [3.63, 3.8) is 0 Å². The number of aryl methyl sites for hydroxylation is 1. The van der Waals surface area contributed by atoms with Crippen LogP contribution in [0.5, 0.6) is 11.9 Å². The van der Waals surface area contributed by atoms with E-state index in [1.165, 1.54) is 19.3 Å². The molecule has 1 aliphatic carbocycles. The van der Waals surface area contributed by atoms with Crippen molar-refractivity contribution in [1.82, 2.24) is 9.97 Å². The molecule has 112 valence electrons. The normalized spacial score (nSPS) is 17.8. The van der Waals surface area contributed by atoms with Gasteiger partial charge in [0.15, 0.2) is 0 Å². The van der Waals surface area contributed by atoms with Gasteiger partial charge in [-0.1, -0.05) is 26.2 Å². The van der Waals surface area contributed by atoms with Crippen molar-refractivity contribution >= 4 is 0 Å². The third-order valence-electron chi connectivity index (χ3n) is 3.60. The SMILES string of the molecule is CCCOc1cc(C)nc(OCC2(N)CCCCC2)n1. The smallest absolute Gasteiger partial charge is 0.319 e. The summed E-state index contributed by atoms with van der Waals surface area (Å²) in [6.45, 7) is 5.10. The summed E-state index contributed by atoms with van der Waals surface area (Å²) in [5.41, 5.74) is 6.97. The Morgan fingerprint density at radius 2 is 1.95 bits per heavy atom. The summed E-state index contributed by atoms with van der Waals surface area (Å²) in [6, 6.07) is 2.19. The second kappa shape index (κ2) is 6.88. The van der Waals surface area contributed by atoms with Crippen molar-refractivity contribution in [2.45, 2.75) is 57.9 Å². The van der Waals surface area contributed by atoms with E-state index < -0.39 is 0 Å². The van der Waals surface area contributed by atoms with Crippen LogP contribution in [0.15, 0.2) is 6.07 Å². The van der Waals surface area contributed by atoms with Gasteiger partial charge in [0.1, 0.15) is 6.61 Å². The highest BCUT2D eigenvalue weighted by molar-refractivity contribution is 5.17. The molecular weight excluding hydrogens is 254 g/mol. The first kappa shape index (κ1) is 15.0. The standard InChI is InChI=1S/C15H25N3O2/c1-3-9-19-13-10-12(2)17-14(18-13)20-11-15(16)7-5-4-6-8-15/h10H,3-9,11,16H2,1-2H3. The Morgan fingerprint density at radius 1 is 1.20 bits per heavy atom. The lowest BCUT2D eigenvalue weighted by Gasteiger charge is -2.32. The Bertz CT molecular complexity index is 431. The number of ether oxygens (including phenoxy) is 2. The number of hydrogen-bond acceptors (Lipinski definition) is 5. The van der Waals surface area contributed by atoms with Gasteiger partial charge in [0.2, 0.25) is 5.88 Å². The van der Waals surface area contributed by atoms with Gasteiger partial charge in [-0.25, -0.2) is 4.98 Å². The second-order valence-electron chi connectivity index (χ2n) is 5.69. The van der Waals surface area contributed by atoms with Crippen molar-refractivity contribution in [3.05, 3.63) is 11.8 Å². The molecule has 0 amide bonds. The molecule has 1 aromatic heterocycles. The lowest BCUT2D eigenvalue weighted by molar-refractivity contribution is 0.161. The van der Waals surface area contributed by atoms with E-state index >= 15 is 0 Å². The third kappa shape index (κ3) is 4.34. The second-order valence-corrected chi connectivity index (χ2v) is 5.69. The summed E-state index contributed by atoms with van der Waals surface area (Å²) in [7, 11) is 0. The Kier molecular flexibility index (Phi) is 5.17. The van der Waals surface area contributed by atoms with E-state index in [4.69, 9.17) is 15.2 Å². The quantitative estimate of drug-likeness (QED) is 0.866. The lowest BCUT2D eigenvalue weighted by atomic mass is 9.83. The number of hydrogen-bond donors (Lipinski definition) is 1. The molecule has 2 rings (SSSR count). The van der Waals surface area contributed by atoms with E-state index in [2.05, 4.69) is 16.9 Å². The van der Waals surface area contributed by atoms with Gasteiger partial charge in [-0.05, 0) is 26.2 Å². The summed E-state index contributed by atoms with van der Waals surface area (Å²) >= 11 is 0. The van der Waals surface area contributed by atoms with Crippen LogP contribution in [0.25, 0.3) is 0 Å². The molecule has 0 bridgehead atoms. The molecule has 0 unspecified atom stereocenters. The molecule has 1 aromatic rings. The van der Waals surface area contributed by atoms with Gasteiger partial charge in [-0.2, -0.15) is 4.98 Å². The molecule has 0 atom stereocenters. The number of rotatable bonds is 6. The van der Waals surface area contributed by atoms with Gasteiger partial charge >= 0.3 is 6.01 Å². The van der Waals surface area contributed by atoms with Gasteiger partial charge in [-0.3, -0.25) is 0 Å². The highest BCUT2D eigenvalue weighted by Gasteiger charge is 2.28. The van der Waals surface area contributed by atoms with E-state index in [1.807, 2.05) is 13.0 Å². The van der Waals surface area contributed by atoms with Gasteiger partial charge in [-0.15, -0.1) is 0 Å². The molecule has 0 radical (unpaired) electrons. The minimum Gasteiger partial charge on any atom is -0.478 e. The Balaban J connectivity index is 1.96. The molecule has 0 saturated heterocycles. The van der Waals surface area contributed by atoms with E-state index in [9.17, 15) is 0 Å². The average Bonchev–Trinajstić information content (AvgIpc) is 2.43. The highest BCUT2D eigenvalue weighted by Crippen LogP contribution is 2.26. The van der Waals surface area contributed by atoms with Gasteiger partial charge in [0.05, 0.1) is 12.1 Å². The van der Waals surface area contributed by atoms with Crippen LogP contribution in [0.2, 0.25) is 0 Å². The van der Waals surface area contributed by atoms with E-state index in [0.717, 1.165) is 25.0 Å². The molecule has 0 spiro atoms. The van der Waals surface area contributed by atoms with Crippen molar-refractivity contribution in [2.75, 3.05) is 13.2 Å². The molecule has 2 N–H and O–H groups in total. The zero-order valence-corrected chi connectivity index (χ0v) is 12.5. The molecule has 0 aliphatic heterocycles. The van der Waals surface area contributed by atoms with Crippen molar-refractivity contribution < 1.29 is 9.47 Å². The van der Waals surface area contributed by atoms with E-state index in [0.29, 0.717) is 25.1 Å². The van der Waals surface area contributed by atoms with Crippen LogP contribution < -0.4 is 15.2 Å². The fraction of sp³-hybridized carbons (Fsp3) is 0.733. The maximum atomic E-state index is 6.35. The largest absolute Gasteiger partial charge is 0.478 e. The molecule has 20 heavy (non-hydrogen) atoms. The lowest BCUT2D eigenvalue weighted by Crippen LogP contribution is -2.47. The molecule has 1 aliphatic rings. The molecule has 5 nitrogen and oxygen atoms in total. The summed E-state index contributed by atoms with van der Waals surface area (Å²) in [6.07, 6.45) is 6.61. The van der Waals surface area contributed by atoms with Crippen LogP contribution in [-0.2, 0) is 0 Å². The van der Waals surface area contributed by atoms with Crippen LogP contribution in [0.1, 0.15) is 51.1 Å². The zero-order chi connectivity index (χ0) is 14.4. The van der Waals surface area contributed by atoms with Crippen molar-refractivity contribution in [1.29, 1.82) is 0 Å². The predicted molar refractivity (Wildman–Crippen MR) is 78.1 cm³/mol. The fourth-order valence-corrected chi connectivity index (χ4v) is 2.47. The maximum Gasteiger partial charge on any atom is 0.319 e. The fourth-order valence-electron chi connectivity index (χ4n) is 2.47. The summed E-state index contributed by atoms with van der Waals surface area (Å²) < 4.78 is 11.3. The summed E-state index contributed by atoms with van der Waals surface area (Å²) in [4.78, 5) is 8.56. The summed E-state index contributed by atoms with van der Waals surface area (Å²) in [5.74, 6) is 0.573. The topological polar surface area (TPSA) is 70.3 Å². The van der Waals surface area contributed by atoms with Crippen LogP contribution in [0, 0.1) is 6.92 Å². The molecule has 1 heterocycles. The molecule has 0 aromatic carbocycles. The highest BCUT2D eigenvalue weighted by atomic mass is 16.5. The maximum absolute atomic E-state index is 6.35. The molecule has 1 fully saturated rings. The first-order chi connectivity index (χ1) is 9.61. The monoisotopic (exact) mass is 279 g/mol. The zero-order valence-electron chi connectivity index (χ0n) is 12.5. The molecule has 1 saturated carbocycles. The van der Waals surface area contributed by atoms with E-state index in [-0.39, 0.29) is 5.54 Å². The van der Waals surface area contributed by atoms with Crippen molar-refractivity contribution in [2.24, 2.45) is 5.73 Å². The van der Waals surface area contributed by atoms with Crippen LogP contribution in [0.3, 0.4) is 0 Å². The Hall–Kier alpha value is -1.36. The minimum atomic E-state index is -0.226. The molecular formula is C15H25N3O2. The predicted octanol–water partition coefficient (Wildman–Crippen LogP) is 2.61. The Labute approximate surface area is 120 Å².